The van der Waals surface area contributed by atoms with E-state index in [1.165, 1.54) is 0 Å². The van der Waals surface area contributed by atoms with Crippen molar-refractivity contribution in [2.45, 2.75) is 33.4 Å². The van der Waals surface area contributed by atoms with Crippen molar-refractivity contribution in [2.75, 3.05) is 6.54 Å². The average molecular weight is 260 g/mol. The van der Waals surface area contributed by atoms with Crippen molar-refractivity contribution in [3.8, 4) is 0 Å². The second-order valence-electron chi connectivity index (χ2n) is 5.99. The first kappa shape index (κ1) is 13.6. The third kappa shape index (κ3) is 2.95. The van der Waals surface area contributed by atoms with Gasteiger partial charge in [0.2, 0.25) is 11.8 Å². The molecule has 19 heavy (non-hydrogen) atoms. The molecule has 0 radical (unpaired) electrons. The molecule has 0 saturated carbocycles. The molecule has 1 unspecified atom stereocenters. The molecule has 2 rings (SSSR count). The number of carbonyl (C=O) groups excluding carboxylic acids is 2. The van der Waals surface area contributed by atoms with Crippen LogP contribution >= 0.6 is 0 Å². The summed E-state index contributed by atoms with van der Waals surface area (Å²) >= 11 is 0. The summed E-state index contributed by atoms with van der Waals surface area (Å²) in [6.07, 6.45) is 0. The molecule has 1 saturated heterocycles. The minimum Gasteiger partial charge on any atom is -0.345 e. The van der Waals surface area contributed by atoms with E-state index in [0.29, 0.717) is 6.54 Å². The van der Waals surface area contributed by atoms with Crippen LogP contribution in [-0.2, 0) is 16.1 Å². The first-order valence-electron chi connectivity index (χ1n) is 6.50. The van der Waals surface area contributed by atoms with Crippen molar-refractivity contribution in [2.24, 2.45) is 5.41 Å². The van der Waals surface area contributed by atoms with Gasteiger partial charge in [-0.15, -0.1) is 0 Å². The Balaban J connectivity index is 2.27. The van der Waals surface area contributed by atoms with Crippen LogP contribution < -0.4 is 5.32 Å². The summed E-state index contributed by atoms with van der Waals surface area (Å²) < 4.78 is 0. The van der Waals surface area contributed by atoms with Crippen molar-refractivity contribution < 1.29 is 9.59 Å². The van der Waals surface area contributed by atoms with E-state index in [1.807, 2.05) is 51.1 Å². The molecule has 0 spiro atoms. The van der Waals surface area contributed by atoms with E-state index in [-0.39, 0.29) is 23.8 Å². The molecule has 1 N–H and O–H groups in total. The monoisotopic (exact) mass is 260 g/mol. The number of amides is 2. The second-order valence-corrected chi connectivity index (χ2v) is 5.99. The maximum Gasteiger partial charge on any atom is 0.243 e. The van der Waals surface area contributed by atoms with E-state index in [9.17, 15) is 9.59 Å². The lowest BCUT2D eigenvalue weighted by Crippen LogP contribution is -2.62. The van der Waals surface area contributed by atoms with E-state index < -0.39 is 6.04 Å². The number of hydrogen-bond acceptors (Lipinski definition) is 2. The molecule has 1 aliphatic rings. The number of piperazine rings is 1. The molecule has 0 aliphatic carbocycles. The molecule has 4 nitrogen and oxygen atoms in total. The van der Waals surface area contributed by atoms with Crippen LogP contribution in [0.1, 0.15) is 26.3 Å². The standard InChI is InChI=1S/C15H20N2O2/c1-15(2,3)13-14(19)16-9-12(18)17(13)10-11-7-5-4-6-8-11/h4-8,13H,9-10H2,1-3H3,(H,16,19). The Morgan fingerprint density at radius 3 is 2.42 bits per heavy atom. The quantitative estimate of drug-likeness (QED) is 0.877. The maximum atomic E-state index is 12.1. The van der Waals surface area contributed by atoms with Crippen molar-refractivity contribution in [1.29, 1.82) is 0 Å². The van der Waals surface area contributed by atoms with E-state index in [1.54, 1.807) is 4.90 Å². The lowest BCUT2D eigenvalue weighted by molar-refractivity contribution is -0.150. The SMILES string of the molecule is CC(C)(C)C1C(=O)NCC(=O)N1Cc1ccccc1. The molecular formula is C15H20N2O2. The predicted octanol–water partition coefficient (Wildman–Crippen LogP) is 1.56. The van der Waals surface area contributed by atoms with Crippen molar-refractivity contribution in [3.05, 3.63) is 35.9 Å². The molecule has 0 aromatic heterocycles. The van der Waals surface area contributed by atoms with Gasteiger partial charge in [-0.3, -0.25) is 9.59 Å². The van der Waals surface area contributed by atoms with Gasteiger partial charge in [0.25, 0.3) is 0 Å². The topological polar surface area (TPSA) is 49.4 Å². The predicted molar refractivity (Wildman–Crippen MR) is 73.2 cm³/mol. The summed E-state index contributed by atoms with van der Waals surface area (Å²) in [5.41, 5.74) is 0.759. The van der Waals surface area contributed by atoms with Crippen LogP contribution in [-0.4, -0.2) is 29.3 Å². The van der Waals surface area contributed by atoms with Crippen LogP contribution in [0.4, 0.5) is 0 Å². The maximum absolute atomic E-state index is 12.1. The summed E-state index contributed by atoms with van der Waals surface area (Å²) in [6.45, 7) is 6.52. The van der Waals surface area contributed by atoms with Crippen molar-refractivity contribution in [1.82, 2.24) is 10.2 Å². The summed E-state index contributed by atoms with van der Waals surface area (Å²) in [5.74, 6) is -0.0913. The van der Waals surface area contributed by atoms with Gasteiger partial charge in [0.1, 0.15) is 6.04 Å². The summed E-state index contributed by atoms with van der Waals surface area (Å²) in [4.78, 5) is 25.9. The third-order valence-corrected chi connectivity index (χ3v) is 3.31. The van der Waals surface area contributed by atoms with E-state index in [0.717, 1.165) is 5.56 Å². The number of rotatable bonds is 2. The van der Waals surface area contributed by atoms with Gasteiger partial charge >= 0.3 is 0 Å². The number of nitrogens with zero attached hydrogens (tertiary/aromatic N) is 1. The molecule has 0 bridgehead atoms. The lowest BCUT2D eigenvalue weighted by Gasteiger charge is -2.42. The van der Waals surface area contributed by atoms with Crippen LogP contribution in [0.5, 0.6) is 0 Å². The number of hydrogen-bond donors (Lipinski definition) is 1. The fourth-order valence-electron chi connectivity index (χ4n) is 2.47. The van der Waals surface area contributed by atoms with Gasteiger partial charge < -0.3 is 10.2 Å². The third-order valence-electron chi connectivity index (χ3n) is 3.31. The number of nitrogens with one attached hydrogen (secondary N) is 1. The van der Waals surface area contributed by atoms with Gasteiger partial charge in [0.15, 0.2) is 0 Å². The zero-order valence-electron chi connectivity index (χ0n) is 11.6. The Labute approximate surface area is 113 Å². The first-order valence-corrected chi connectivity index (χ1v) is 6.50. The van der Waals surface area contributed by atoms with E-state index in [4.69, 9.17) is 0 Å². The highest BCUT2D eigenvalue weighted by atomic mass is 16.2. The zero-order valence-corrected chi connectivity index (χ0v) is 11.6. The minimum atomic E-state index is -0.422. The Kier molecular flexibility index (Phi) is 3.60. The molecule has 102 valence electrons. The van der Waals surface area contributed by atoms with Gasteiger partial charge in [-0.25, -0.2) is 0 Å². The minimum absolute atomic E-state index is 0.0246. The Morgan fingerprint density at radius 1 is 1.21 bits per heavy atom. The number of carbonyl (C=O) groups is 2. The van der Waals surface area contributed by atoms with Gasteiger partial charge in [0.05, 0.1) is 6.54 Å². The van der Waals surface area contributed by atoms with Gasteiger partial charge in [0, 0.05) is 6.54 Å². The Morgan fingerprint density at radius 2 is 1.84 bits per heavy atom. The van der Waals surface area contributed by atoms with Crippen LogP contribution in [0.15, 0.2) is 30.3 Å². The molecule has 2 amide bonds. The Bertz CT molecular complexity index is 477. The van der Waals surface area contributed by atoms with E-state index in [2.05, 4.69) is 5.32 Å². The highest BCUT2D eigenvalue weighted by molar-refractivity contribution is 5.95. The van der Waals surface area contributed by atoms with Crippen molar-refractivity contribution >= 4 is 11.8 Å². The molecule has 1 aromatic carbocycles. The van der Waals surface area contributed by atoms with Gasteiger partial charge in [-0.2, -0.15) is 0 Å². The fraction of sp³-hybridized carbons (Fsp3) is 0.467. The first-order chi connectivity index (χ1) is 8.89. The van der Waals surface area contributed by atoms with E-state index >= 15 is 0 Å². The largest absolute Gasteiger partial charge is 0.345 e. The lowest BCUT2D eigenvalue weighted by atomic mass is 9.83. The molecule has 1 atom stereocenters. The average Bonchev–Trinajstić information content (AvgIpc) is 2.33. The molecule has 4 heteroatoms. The molecule has 1 heterocycles. The fourth-order valence-corrected chi connectivity index (χ4v) is 2.47. The summed E-state index contributed by atoms with van der Waals surface area (Å²) in [6, 6.07) is 9.34. The highest BCUT2D eigenvalue weighted by Crippen LogP contribution is 2.27. The van der Waals surface area contributed by atoms with Crippen LogP contribution in [0.3, 0.4) is 0 Å². The van der Waals surface area contributed by atoms with Gasteiger partial charge in [-0.05, 0) is 11.0 Å². The van der Waals surface area contributed by atoms with Crippen molar-refractivity contribution in [3.63, 3.8) is 0 Å². The molecule has 1 aliphatic heterocycles. The molecule has 1 aromatic rings. The van der Waals surface area contributed by atoms with Crippen LogP contribution in [0.25, 0.3) is 0 Å². The summed E-state index contributed by atoms with van der Waals surface area (Å²) in [5, 5.41) is 2.67. The molecule has 1 fully saturated rings. The highest BCUT2D eigenvalue weighted by Gasteiger charge is 2.41. The summed E-state index contributed by atoms with van der Waals surface area (Å²) in [7, 11) is 0. The van der Waals surface area contributed by atoms with Crippen LogP contribution in [0, 0.1) is 5.41 Å². The second kappa shape index (κ2) is 5.03. The van der Waals surface area contributed by atoms with Crippen LogP contribution in [0.2, 0.25) is 0 Å². The Hall–Kier alpha value is -1.84. The number of benzene rings is 1. The van der Waals surface area contributed by atoms with Gasteiger partial charge in [-0.1, -0.05) is 51.1 Å². The molecular weight excluding hydrogens is 240 g/mol. The smallest absolute Gasteiger partial charge is 0.243 e. The normalized spacial score (nSPS) is 20.4. The zero-order chi connectivity index (χ0) is 14.0.